The van der Waals surface area contributed by atoms with Crippen LogP contribution in [-0.4, -0.2) is 25.1 Å². The molecule has 4 heterocycles. The van der Waals surface area contributed by atoms with E-state index in [1.165, 1.54) is 35.6 Å². The first kappa shape index (κ1) is 21.7. The molecule has 4 aromatic heterocycles. The maximum Gasteiger partial charge on any atom is 0.471 e. The van der Waals surface area contributed by atoms with Crippen molar-refractivity contribution in [3.05, 3.63) is 65.4 Å². The molecule has 0 aromatic carbocycles. The van der Waals surface area contributed by atoms with Crippen LogP contribution in [0, 0.1) is 0 Å². The van der Waals surface area contributed by atoms with Gasteiger partial charge in [-0.1, -0.05) is 5.16 Å². The van der Waals surface area contributed by atoms with Crippen molar-refractivity contribution < 1.29 is 30.9 Å². The molecule has 0 N–H and O–H groups in total. The van der Waals surface area contributed by atoms with E-state index in [1.807, 2.05) is 0 Å². The van der Waals surface area contributed by atoms with Crippen LogP contribution in [0.2, 0.25) is 0 Å². The summed E-state index contributed by atoms with van der Waals surface area (Å²) in [4.78, 5) is 17.8. The Morgan fingerprint density at radius 1 is 0.875 bits per heavy atom. The molecule has 0 fully saturated rings. The average Bonchev–Trinajstić information content (AvgIpc) is 3.41. The number of aromatic nitrogens is 5. The number of alkyl halides is 6. The Kier molecular flexibility index (Phi) is 5.54. The molecule has 166 valence electrons. The fourth-order valence-corrected chi connectivity index (χ4v) is 3.52. The van der Waals surface area contributed by atoms with Crippen molar-refractivity contribution in [1.29, 1.82) is 0 Å². The molecule has 0 aliphatic rings. The monoisotopic (exact) mass is 472 g/mol. The van der Waals surface area contributed by atoms with Crippen LogP contribution in [0.1, 0.15) is 16.3 Å². The zero-order valence-electron chi connectivity index (χ0n) is 15.6. The fraction of sp³-hybridized carbons (Fsp3) is 0.167. The Hall–Kier alpha value is -3.55. The second-order valence-electron chi connectivity index (χ2n) is 6.24. The number of hydrogen-bond acceptors (Lipinski definition) is 8. The number of anilines is 2. The first-order chi connectivity index (χ1) is 15.1. The lowest BCUT2D eigenvalue weighted by Gasteiger charge is -2.22. The summed E-state index contributed by atoms with van der Waals surface area (Å²) in [5.41, 5.74) is -0.906. The van der Waals surface area contributed by atoms with Gasteiger partial charge in [0.25, 0.3) is 0 Å². The second-order valence-corrected chi connectivity index (χ2v) is 7.41. The summed E-state index contributed by atoms with van der Waals surface area (Å²) >= 11 is 1.09. The summed E-state index contributed by atoms with van der Waals surface area (Å²) in [6, 6.07) is 5.22. The molecule has 0 amide bonds. The van der Waals surface area contributed by atoms with Gasteiger partial charge in [-0.15, -0.1) is 11.3 Å². The predicted molar refractivity (Wildman–Crippen MR) is 99.7 cm³/mol. The molecule has 0 aliphatic heterocycles. The van der Waals surface area contributed by atoms with E-state index in [-0.39, 0.29) is 18.2 Å². The summed E-state index contributed by atoms with van der Waals surface area (Å²) in [5.74, 6) is -1.20. The smallest absolute Gasteiger partial charge is 0.329 e. The molecule has 4 aromatic rings. The highest BCUT2D eigenvalue weighted by Gasteiger charge is 2.38. The molecule has 0 radical (unpaired) electrons. The van der Waals surface area contributed by atoms with Crippen molar-refractivity contribution >= 4 is 23.0 Å². The highest BCUT2D eigenvalue weighted by atomic mass is 32.1. The van der Waals surface area contributed by atoms with Gasteiger partial charge in [-0.05, 0) is 24.3 Å². The van der Waals surface area contributed by atoms with Crippen molar-refractivity contribution in [3.63, 3.8) is 0 Å². The topological polar surface area (TPSA) is 80.8 Å². The Morgan fingerprint density at radius 2 is 1.69 bits per heavy atom. The number of rotatable bonds is 5. The molecule has 32 heavy (non-hydrogen) atoms. The molecule has 7 nitrogen and oxygen atoms in total. The zero-order chi connectivity index (χ0) is 22.9. The van der Waals surface area contributed by atoms with E-state index >= 15 is 0 Å². The summed E-state index contributed by atoms with van der Waals surface area (Å²) in [6.07, 6.45) is -4.35. The van der Waals surface area contributed by atoms with Crippen LogP contribution in [0.15, 0.2) is 53.6 Å². The van der Waals surface area contributed by atoms with E-state index in [4.69, 9.17) is 0 Å². The lowest BCUT2D eigenvalue weighted by molar-refractivity contribution is -0.159. The third kappa shape index (κ3) is 4.69. The SMILES string of the molecule is FC(F)(F)c1ccc(N(Cc2ccc(-c3noc(C(F)(F)F)n3)s2)c2cnccn2)nc1. The summed E-state index contributed by atoms with van der Waals surface area (Å²) in [5, 5.41) is 3.34. The van der Waals surface area contributed by atoms with Gasteiger partial charge >= 0.3 is 18.2 Å². The molecular formula is C18H10F6N6OS. The molecule has 4 rings (SSSR count). The minimum absolute atomic E-state index is 0.103. The highest BCUT2D eigenvalue weighted by Crippen LogP contribution is 2.34. The normalized spacial score (nSPS) is 12.2. The summed E-state index contributed by atoms with van der Waals surface area (Å²) in [7, 11) is 0. The third-order valence-electron chi connectivity index (χ3n) is 4.04. The van der Waals surface area contributed by atoms with Crippen molar-refractivity contribution in [2.75, 3.05) is 4.90 Å². The average molecular weight is 472 g/mol. The van der Waals surface area contributed by atoms with Gasteiger partial charge in [-0.3, -0.25) is 4.98 Å². The first-order valence-corrected chi connectivity index (χ1v) is 9.50. The largest absolute Gasteiger partial charge is 0.471 e. The van der Waals surface area contributed by atoms with Crippen molar-refractivity contribution in [3.8, 4) is 10.7 Å². The van der Waals surface area contributed by atoms with E-state index in [0.29, 0.717) is 21.8 Å². The van der Waals surface area contributed by atoms with Gasteiger partial charge in [0.15, 0.2) is 5.82 Å². The Bertz CT molecular complexity index is 1190. The molecule has 0 aliphatic carbocycles. The predicted octanol–water partition coefficient (Wildman–Crippen LogP) is 5.36. The molecule has 0 atom stereocenters. The Morgan fingerprint density at radius 3 is 2.28 bits per heavy atom. The van der Waals surface area contributed by atoms with Crippen LogP contribution in [0.4, 0.5) is 38.0 Å². The molecule has 14 heteroatoms. The minimum atomic E-state index is -4.76. The van der Waals surface area contributed by atoms with Crippen molar-refractivity contribution in [2.45, 2.75) is 18.9 Å². The van der Waals surface area contributed by atoms with Crippen LogP contribution >= 0.6 is 11.3 Å². The minimum Gasteiger partial charge on any atom is -0.329 e. The summed E-state index contributed by atoms with van der Waals surface area (Å²) < 4.78 is 80.9. The van der Waals surface area contributed by atoms with E-state index in [0.717, 1.165) is 17.4 Å². The number of thiophene rings is 1. The molecule has 0 bridgehead atoms. The molecule has 0 spiro atoms. The Balaban J connectivity index is 1.62. The van der Waals surface area contributed by atoms with Crippen molar-refractivity contribution in [1.82, 2.24) is 25.1 Å². The summed E-state index contributed by atoms with van der Waals surface area (Å²) in [6.45, 7) is 0.103. The molecular weight excluding hydrogens is 462 g/mol. The molecule has 0 saturated heterocycles. The van der Waals surface area contributed by atoms with Crippen LogP contribution in [-0.2, 0) is 18.9 Å². The first-order valence-electron chi connectivity index (χ1n) is 8.68. The maximum atomic E-state index is 12.9. The maximum absolute atomic E-state index is 12.9. The van der Waals surface area contributed by atoms with Gasteiger partial charge in [0.05, 0.1) is 23.2 Å². The van der Waals surface area contributed by atoms with Gasteiger partial charge in [-0.2, -0.15) is 31.3 Å². The molecule has 0 saturated carbocycles. The van der Waals surface area contributed by atoms with E-state index in [2.05, 4.69) is 29.6 Å². The van der Waals surface area contributed by atoms with Gasteiger partial charge in [-0.25, -0.2) is 9.97 Å². The lowest BCUT2D eigenvalue weighted by atomic mass is 10.2. The quantitative estimate of drug-likeness (QED) is 0.362. The number of nitrogens with zero attached hydrogens (tertiary/aromatic N) is 6. The fourth-order valence-electron chi connectivity index (χ4n) is 2.60. The van der Waals surface area contributed by atoms with Gasteiger partial charge < -0.3 is 9.42 Å². The van der Waals surface area contributed by atoms with Crippen LogP contribution in [0.25, 0.3) is 10.7 Å². The highest BCUT2D eigenvalue weighted by molar-refractivity contribution is 7.15. The van der Waals surface area contributed by atoms with Crippen LogP contribution in [0.3, 0.4) is 0 Å². The van der Waals surface area contributed by atoms with Gasteiger partial charge in [0.1, 0.15) is 5.82 Å². The van der Waals surface area contributed by atoms with Crippen molar-refractivity contribution in [2.24, 2.45) is 0 Å². The second kappa shape index (κ2) is 8.18. The van der Waals surface area contributed by atoms with E-state index in [1.54, 1.807) is 6.07 Å². The Labute approximate surface area is 179 Å². The molecule has 0 unspecified atom stereocenters. The lowest BCUT2D eigenvalue weighted by Crippen LogP contribution is -2.19. The van der Waals surface area contributed by atoms with E-state index < -0.39 is 23.8 Å². The third-order valence-corrected chi connectivity index (χ3v) is 5.11. The standard InChI is InChI=1S/C18H10F6N6OS/c19-17(20,21)10-1-4-13(27-7-10)30(14-8-25-5-6-26-14)9-11-2-3-12(32-11)15-28-16(31-29-15)18(22,23)24/h1-8H,9H2. The van der Waals surface area contributed by atoms with E-state index in [9.17, 15) is 26.3 Å². The van der Waals surface area contributed by atoms with Gasteiger partial charge in [0.2, 0.25) is 5.82 Å². The van der Waals surface area contributed by atoms with Gasteiger partial charge in [0, 0.05) is 23.5 Å². The number of hydrogen-bond donors (Lipinski definition) is 0. The number of pyridine rings is 1. The number of halogens is 6. The zero-order valence-corrected chi connectivity index (χ0v) is 16.4. The van der Waals surface area contributed by atoms with Crippen LogP contribution in [0.5, 0.6) is 0 Å². The van der Waals surface area contributed by atoms with Crippen LogP contribution < -0.4 is 4.90 Å².